The van der Waals surface area contributed by atoms with E-state index in [4.69, 9.17) is 9.47 Å². The van der Waals surface area contributed by atoms with Crippen LogP contribution >= 0.6 is 0 Å². The van der Waals surface area contributed by atoms with Crippen LogP contribution in [0.2, 0.25) is 0 Å². The minimum atomic E-state index is -4.47. The van der Waals surface area contributed by atoms with Crippen LogP contribution in [0.3, 0.4) is 0 Å². The molecule has 0 amide bonds. The summed E-state index contributed by atoms with van der Waals surface area (Å²) >= 11 is 0. The van der Waals surface area contributed by atoms with Gasteiger partial charge in [-0.05, 0) is 63.4 Å². The number of aromatic nitrogens is 1. The maximum atomic E-state index is 12.7. The van der Waals surface area contributed by atoms with Crippen molar-refractivity contribution in [3.8, 4) is 11.6 Å². The van der Waals surface area contributed by atoms with Crippen LogP contribution in [0.15, 0.2) is 36.5 Å². The minimum Gasteiger partial charge on any atom is -0.439 e. The fourth-order valence-electron chi connectivity index (χ4n) is 4.23. The number of benzene rings is 1. The predicted molar refractivity (Wildman–Crippen MR) is 107 cm³/mol. The molecule has 0 N–H and O–H groups in total. The fourth-order valence-corrected chi connectivity index (χ4v) is 4.23. The third-order valence-corrected chi connectivity index (χ3v) is 5.77. The largest absolute Gasteiger partial charge is 0.439 e. The number of carbonyl (C=O) groups excluding carboxylic acids is 2. The number of esters is 2. The molecule has 2 heterocycles. The molecule has 166 valence electrons. The van der Waals surface area contributed by atoms with Gasteiger partial charge in [-0.25, -0.2) is 4.98 Å². The lowest BCUT2D eigenvalue weighted by Gasteiger charge is -2.46. The summed E-state index contributed by atoms with van der Waals surface area (Å²) in [6.07, 6.45) is -3.16. The molecule has 3 rings (SSSR count). The maximum Gasteiger partial charge on any atom is 0.417 e. The van der Waals surface area contributed by atoms with Gasteiger partial charge >= 0.3 is 18.1 Å². The first kappa shape index (κ1) is 22.8. The van der Waals surface area contributed by atoms with Crippen LogP contribution in [0.1, 0.15) is 57.2 Å². The van der Waals surface area contributed by atoms with Crippen LogP contribution in [0.25, 0.3) is 0 Å². The number of rotatable bonds is 4. The van der Waals surface area contributed by atoms with E-state index in [1.807, 2.05) is 6.92 Å². The van der Waals surface area contributed by atoms with Gasteiger partial charge in [0, 0.05) is 18.2 Å². The zero-order valence-electron chi connectivity index (χ0n) is 18.0. The monoisotopic (exact) mass is 435 g/mol. The van der Waals surface area contributed by atoms with E-state index in [1.54, 1.807) is 45.9 Å². The highest BCUT2D eigenvalue weighted by molar-refractivity contribution is 5.96. The van der Waals surface area contributed by atoms with Gasteiger partial charge in [-0.15, -0.1) is 0 Å². The Kier molecular flexibility index (Phi) is 5.63. The lowest BCUT2D eigenvalue weighted by molar-refractivity contribution is -0.185. The van der Waals surface area contributed by atoms with Gasteiger partial charge in [0.2, 0.25) is 5.88 Å². The van der Waals surface area contributed by atoms with Gasteiger partial charge in [0.15, 0.2) is 0 Å². The fraction of sp³-hybridized carbons (Fsp3) is 0.435. The average molecular weight is 435 g/mol. The average Bonchev–Trinajstić information content (AvgIpc) is 2.67. The van der Waals surface area contributed by atoms with Crippen molar-refractivity contribution in [2.24, 2.45) is 10.8 Å². The summed E-state index contributed by atoms with van der Waals surface area (Å²) in [6.45, 7) is 8.95. The molecule has 1 fully saturated rings. The molecule has 0 radical (unpaired) electrons. The van der Waals surface area contributed by atoms with E-state index in [0.29, 0.717) is 18.4 Å². The summed E-state index contributed by atoms with van der Waals surface area (Å²) in [5, 5.41) is 0. The summed E-state index contributed by atoms with van der Waals surface area (Å²) < 4.78 is 48.8. The second-order valence-electron chi connectivity index (χ2n) is 8.75. The molecule has 1 aromatic heterocycles. The molecular weight excluding hydrogens is 411 g/mol. The zero-order chi connectivity index (χ0) is 23.2. The van der Waals surface area contributed by atoms with E-state index in [9.17, 15) is 22.8 Å². The van der Waals surface area contributed by atoms with E-state index in [0.717, 1.165) is 23.3 Å². The quantitative estimate of drug-likeness (QED) is 0.457. The molecule has 0 aliphatic carbocycles. The van der Waals surface area contributed by atoms with Gasteiger partial charge in [0.1, 0.15) is 5.75 Å². The lowest BCUT2D eigenvalue weighted by atomic mass is 9.59. The molecule has 0 spiro atoms. The van der Waals surface area contributed by atoms with Crippen LogP contribution < -0.4 is 4.74 Å². The minimum absolute atomic E-state index is 0.0277. The van der Waals surface area contributed by atoms with Crippen molar-refractivity contribution in [3.63, 3.8) is 0 Å². The first-order valence-electron chi connectivity index (χ1n) is 9.89. The standard InChI is InChI=1S/C23H24F3NO4/c1-6-13-11-15(30-17-10-7-14(12-27-17)23(24,25)26)8-9-16(13)18-21(2,3)19(28)31-20(29)22(18,4)5/h7-12,18H,6H2,1-5H3. The highest BCUT2D eigenvalue weighted by atomic mass is 19.4. The molecule has 0 saturated carbocycles. The van der Waals surface area contributed by atoms with Crippen molar-refractivity contribution >= 4 is 11.9 Å². The van der Waals surface area contributed by atoms with Gasteiger partial charge in [-0.2, -0.15) is 13.2 Å². The van der Waals surface area contributed by atoms with Crippen LogP contribution in [-0.4, -0.2) is 16.9 Å². The maximum absolute atomic E-state index is 12.7. The normalized spacial score (nSPS) is 18.6. The Hall–Kier alpha value is -2.90. The summed E-state index contributed by atoms with van der Waals surface area (Å²) in [7, 11) is 0. The number of hydrogen-bond donors (Lipinski definition) is 0. The number of alkyl halides is 3. The van der Waals surface area contributed by atoms with E-state index in [-0.39, 0.29) is 5.88 Å². The second-order valence-corrected chi connectivity index (χ2v) is 8.75. The molecule has 1 aliphatic rings. The summed E-state index contributed by atoms with van der Waals surface area (Å²) in [5.74, 6) is -1.15. The summed E-state index contributed by atoms with van der Waals surface area (Å²) in [5.41, 5.74) is -1.03. The Morgan fingerprint density at radius 2 is 1.65 bits per heavy atom. The van der Waals surface area contributed by atoms with Gasteiger partial charge in [-0.1, -0.05) is 13.0 Å². The number of hydrogen-bond acceptors (Lipinski definition) is 5. The zero-order valence-corrected chi connectivity index (χ0v) is 18.0. The Morgan fingerprint density at radius 1 is 1.03 bits per heavy atom. The first-order valence-corrected chi connectivity index (χ1v) is 9.89. The van der Waals surface area contributed by atoms with Crippen LogP contribution in [0, 0.1) is 10.8 Å². The molecule has 1 saturated heterocycles. The third kappa shape index (κ3) is 4.16. The smallest absolute Gasteiger partial charge is 0.417 e. The van der Waals surface area contributed by atoms with Gasteiger partial charge < -0.3 is 9.47 Å². The van der Waals surface area contributed by atoms with Gasteiger partial charge in [-0.3, -0.25) is 9.59 Å². The van der Waals surface area contributed by atoms with Crippen molar-refractivity contribution in [1.29, 1.82) is 0 Å². The summed E-state index contributed by atoms with van der Waals surface area (Å²) in [4.78, 5) is 28.6. The van der Waals surface area contributed by atoms with Crippen LogP contribution in [0.4, 0.5) is 13.2 Å². The van der Waals surface area contributed by atoms with Crippen LogP contribution in [0.5, 0.6) is 11.6 Å². The molecule has 5 nitrogen and oxygen atoms in total. The third-order valence-electron chi connectivity index (χ3n) is 5.77. The Balaban J connectivity index is 1.96. The highest BCUT2D eigenvalue weighted by Crippen LogP contribution is 2.53. The molecule has 8 heteroatoms. The molecule has 0 unspecified atom stereocenters. The van der Waals surface area contributed by atoms with E-state index in [1.165, 1.54) is 0 Å². The topological polar surface area (TPSA) is 65.5 Å². The molecule has 1 aromatic carbocycles. The van der Waals surface area contributed by atoms with Crippen molar-refractivity contribution in [2.45, 2.75) is 53.1 Å². The second kappa shape index (κ2) is 7.66. The molecule has 2 aromatic rings. The molecule has 31 heavy (non-hydrogen) atoms. The number of ether oxygens (including phenoxy) is 2. The van der Waals surface area contributed by atoms with Crippen molar-refractivity contribution in [2.75, 3.05) is 0 Å². The lowest BCUT2D eigenvalue weighted by Crippen LogP contribution is -2.51. The molecule has 0 bridgehead atoms. The Bertz CT molecular complexity index is 984. The molecule has 0 atom stereocenters. The van der Waals surface area contributed by atoms with Crippen molar-refractivity contribution in [1.82, 2.24) is 4.98 Å². The van der Waals surface area contributed by atoms with Gasteiger partial charge in [0.05, 0.1) is 16.4 Å². The van der Waals surface area contributed by atoms with Crippen molar-refractivity contribution in [3.05, 3.63) is 53.2 Å². The number of cyclic esters (lactones) is 2. The SMILES string of the molecule is CCc1cc(Oc2ccc(C(F)(F)F)cn2)ccc1C1C(C)(C)C(=O)OC(=O)C1(C)C. The van der Waals surface area contributed by atoms with Crippen molar-refractivity contribution < 1.29 is 32.2 Å². The molecule has 1 aliphatic heterocycles. The number of nitrogens with zero attached hydrogens (tertiary/aromatic N) is 1. The number of carbonyl (C=O) groups is 2. The van der Waals surface area contributed by atoms with Crippen LogP contribution in [-0.2, 0) is 26.9 Å². The highest BCUT2D eigenvalue weighted by Gasteiger charge is 2.56. The predicted octanol–water partition coefficient (Wildman–Crippen LogP) is 5.67. The number of pyridine rings is 1. The molecular formula is C23H24F3NO4. The summed E-state index contributed by atoms with van der Waals surface area (Å²) in [6, 6.07) is 7.26. The number of aryl methyl sites for hydroxylation is 1. The van der Waals surface area contributed by atoms with E-state index < -0.39 is 40.4 Å². The number of halogens is 3. The van der Waals surface area contributed by atoms with E-state index >= 15 is 0 Å². The Morgan fingerprint density at radius 3 is 2.13 bits per heavy atom. The Labute approximate surface area is 178 Å². The first-order chi connectivity index (χ1) is 14.3. The van der Waals surface area contributed by atoms with Gasteiger partial charge in [0.25, 0.3) is 0 Å². The van der Waals surface area contributed by atoms with E-state index in [2.05, 4.69) is 4.98 Å².